The Kier molecular flexibility index (Phi) is 4.88. The smallest absolute Gasteiger partial charge is 0.296 e. The number of benzene rings is 2. The molecule has 1 N–H and O–H groups in total. The summed E-state index contributed by atoms with van der Waals surface area (Å²) in [4.78, 5) is 23.1. The molecular weight excluding hydrogens is 336 g/mol. The third-order valence-corrected chi connectivity index (χ3v) is 4.15. The summed E-state index contributed by atoms with van der Waals surface area (Å²) >= 11 is 0. The molecule has 7 nitrogen and oxygen atoms in total. The lowest BCUT2D eigenvalue weighted by Gasteiger charge is -2.07. The Hall–Kier alpha value is -3.35. The molecule has 0 unspecified atom stereocenters. The zero-order valence-corrected chi connectivity index (χ0v) is 14.4. The van der Waals surface area contributed by atoms with Gasteiger partial charge in [0.05, 0.1) is 30.8 Å². The van der Waals surface area contributed by atoms with Gasteiger partial charge in [0.25, 0.3) is 5.69 Å². The maximum atomic E-state index is 12.4. The number of rotatable bonds is 6. The maximum absolute atomic E-state index is 12.4. The van der Waals surface area contributed by atoms with Crippen LogP contribution in [-0.4, -0.2) is 17.9 Å². The highest BCUT2D eigenvalue weighted by Crippen LogP contribution is 2.29. The van der Waals surface area contributed by atoms with Gasteiger partial charge in [-0.3, -0.25) is 14.9 Å². The molecule has 2 aromatic carbocycles. The quantitative estimate of drug-likeness (QED) is 0.531. The molecule has 0 aliphatic heterocycles. The molecule has 0 saturated carbocycles. The molecule has 0 bridgehead atoms. The summed E-state index contributed by atoms with van der Waals surface area (Å²) in [6.45, 7) is 2.05. The largest absolute Gasteiger partial charge is 0.496 e. The molecule has 0 spiro atoms. The predicted octanol–water partition coefficient (Wildman–Crippen LogP) is 4.09. The number of nitro benzene ring substituents is 1. The van der Waals surface area contributed by atoms with Crippen molar-refractivity contribution >= 4 is 28.3 Å². The fourth-order valence-electron chi connectivity index (χ4n) is 2.75. The Balaban J connectivity index is 1.82. The molecule has 0 fully saturated rings. The number of furan rings is 1. The van der Waals surface area contributed by atoms with Crippen molar-refractivity contribution < 1.29 is 18.9 Å². The number of methoxy groups -OCH3 is 1. The highest BCUT2D eigenvalue weighted by Gasteiger charge is 2.18. The molecule has 26 heavy (non-hydrogen) atoms. The monoisotopic (exact) mass is 354 g/mol. The van der Waals surface area contributed by atoms with Crippen LogP contribution in [0.3, 0.4) is 0 Å². The summed E-state index contributed by atoms with van der Waals surface area (Å²) in [6, 6.07) is 10.1. The van der Waals surface area contributed by atoms with Gasteiger partial charge < -0.3 is 14.5 Å². The Bertz CT molecular complexity index is 977. The number of carbonyl (C=O) groups is 1. The van der Waals surface area contributed by atoms with Crippen LogP contribution in [0.4, 0.5) is 11.4 Å². The van der Waals surface area contributed by atoms with Crippen molar-refractivity contribution in [3.05, 3.63) is 63.9 Å². The van der Waals surface area contributed by atoms with E-state index in [4.69, 9.17) is 9.15 Å². The van der Waals surface area contributed by atoms with Crippen LogP contribution >= 0.6 is 0 Å². The highest BCUT2D eigenvalue weighted by molar-refractivity contribution is 5.97. The first-order valence-electron chi connectivity index (χ1n) is 8.13. The number of hydrogen-bond donors (Lipinski definition) is 1. The van der Waals surface area contributed by atoms with E-state index < -0.39 is 4.92 Å². The van der Waals surface area contributed by atoms with Crippen LogP contribution in [0.15, 0.2) is 47.1 Å². The van der Waals surface area contributed by atoms with Crippen molar-refractivity contribution in [1.29, 1.82) is 0 Å². The Morgan fingerprint density at radius 3 is 2.77 bits per heavy atom. The molecule has 0 aliphatic rings. The van der Waals surface area contributed by atoms with E-state index in [-0.39, 0.29) is 23.7 Å². The average molecular weight is 354 g/mol. The number of anilines is 1. The first kappa shape index (κ1) is 17.5. The van der Waals surface area contributed by atoms with E-state index in [0.717, 1.165) is 22.9 Å². The summed E-state index contributed by atoms with van der Waals surface area (Å²) in [6.07, 6.45) is 2.49. The first-order chi connectivity index (χ1) is 12.5. The summed E-state index contributed by atoms with van der Waals surface area (Å²) < 4.78 is 10.5. The third-order valence-electron chi connectivity index (χ3n) is 4.15. The lowest BCUT2D eigenvalue weighted by atomic mass is 10.1. The van der Waals surface area contributed by atoms with Gasteiger partial charge in [-0.1, -0.05) is 13.0 Å². The minimum Gasteiger partial charge on any atom is -0.496 e. The number of carbonyl (C=O) groups excluding carboxylic acids is 1. The van der Waals surface area contributed by atoms with Gasteiger partial charge >= 0.3 is 0 Å². The van der Waals surface area contributed by atoms with Crippen molar-refractivity contribution in [3.8, 4) is 5.75 Å². The van der Waals surface area contributed by atoms with E-state index in [1.165, 1.54) is 19.2 Å². The van der Waals surface area contributed by atoms with Crippen LogP contribution in [0.1, 0.15) is 18.1 Å². The molecule has 0 radical (unpaired) electrons. The number of aryl methyl sites for hydroxylation is 1. The molecule has 1 amide bonds. The molecular formula is C19H18N2O5. The molecule has 0 saturated heterocycles. The van der Waals surface area contributed by atoms with Crippen LogP contribution in [0.25, 0.3) is 11.0 Å². The standard InChI is InChI=1S/C19H18N2O5/c1-3-12-4-7-18-15(8-12)13(11-26-18)9-19(22)20-16-6-5-14(25-2)10-17(16)21(23)24/h4-8,10-11H,3,9H2,1-2H3,(H,20,22). The number of hydrogen-bond acceptors (Lipinski definition) is 5. The third kappa shape index (κ3) is 3.51. The van der Waals surface area contributed by atoms with Gasteiger partial charge in [-0.15, -0.1) is 0 Å². The minimum atomic E-state index is -0.557. The van der Waals surface area contributed by atoms with Gasteiger partial charge in [-0.05, 0) is 36.2 Å². The second-order valence-electron chi connectivity index (χ2n) is 5.81. The molecule has 7 heteroatoms. The Labute approximate surface area is 149 Å². The number of fused-ring (bicyclic) bond motifs is 1. The van der Waals surface area contributed by atoms with Crippen molar-refractivity contribution in [2.24, 2.45) is 0 Å². The predicted molar refractivity (Wildman–Crippen MR) is 97.6 cm³/mol. The van der Waals surface area contributed by atoms with Crippen LogP contribution < -0.4 is 10.1 Å². The number of amides is 1. The second kappa shape index (κ2) is 7.26. The zero-order valence-electron chi connectivity index (χ0n) is 14.4. The van der Waals surface area contributed by atoms with Gasteiger partial charge in [0.1, 0.15) is 17.0 Å². The van der Waals surface area contributed by atoms with E-state index in [2.05, 4.69) is 12.2 Å². The number of nitrogens with zero attached hydrogens (tertiary/aromatic N) is 1. The normalized spacial score (nSPS) is 10.7. The van der Waals surface area contributed by atoms with Gasteiger partial charge in [0, 0.05) is 10.9 Å². The van der Waals surface area contributed by atoms with Crippen LogP contribution in [-0.2, 0) is 17.6 Å². The molecule has 3 rings (SSSR count). The molecule has 3 aromatic rings. The second-order valence-corrected chi connectivity index (χ2v) is 5.81. The van der Waals surface area contributed by atoms with Gasteiger partial charge in [-0.2, -0.15) is 0 Å². The Morgan fingerprint density at radius 1 is 1.27 bits per heavy atom. The fraction of sp³-hybridized carbons (Fsp3) is 0.211. The van der Waals surface area contributed by atoms with Gasteiger partial charge in [-0.25, -0.2) is 0 Å². The van der Waals surface area contributed by atoms with E-state index in [9.17, 15) is 14.9 Å². The maximum Gasteiger partial charge on any atom is 0.296 e. The molecule has 0 atom stereocenters. The lowest BCUT2D eigenvalue weighted by molar-refractivity contribution is -0.384. The van der Waals surface area contributed by atoms with Crippen molar-refractivity contribution in [2.75, 3.05) is 12.4 Å². The van der Waals surface area contributed by atoms with Crippen LogP contribution in [0.2, 0.25) is 0 Å². The van der Waals surface area contributed by atoms with Crippen LogP contribution in [0, 0.1) is 10.1 Å². The van der Waals surface area contributed by atoms with E-state index >= 15 is 0 Å². The first-order valence-corrected chi connectivity index (χ1v) is 8.13. The lowest BCUT2D eigenvalue weighted by Crippen LogP contribution is -2.15. The number of ether oxygens (including phenoxy) is 1. The number of nitro groups is 1. The molecule has 134 valence electrons. The summed E-state index contributed by atoms with van der Waals surface area (Å²) in [5.74, 6) is -0.00880. The van der Waals surface area contributed by atoms with E-state index in [0.29, 0.717) is 11.3 Å². The SMILES string of the molecule is CCc1ccc2occ(CC(=O)Nc3ccc(OC)cc3[N+](=O)[O-])c2c1. The van der Waals surface area contributed by atoms with Gasteiger partial charge in [0.15, 0.2) is 0 Å². The van der Waals surface area contributed by atoms with E-state index in [1.54, 1.807) is 12.3 Å². The minimum absolute atomic E-state index is 0.0589. The molecule has 0 aliphatic carbocycles. The van der Waals surface area contributed by atoms with Crippen molar-refractivity contribution in [2.45, 2.75) is 19.8 Å². The topological polar surface area (TPSA) is 94.6 Å². The van der Waals surface area contributed by atoms with Crippen LogP contribution in [0.5, 0.6) is 5.75 Å². The summed E-state index contributed by atoms with van der Waals surface area (Å²) in [7, 11) is 1.42. The molecule has 1 heterocycles. The van der Waals surface area contributed by atoms with E-state index in [1.807, 2.05) is 18.2 Å². The fourth-order valence-corrected chi connectivity index (χ4v) is 2.75. The highest BCUT2D eigenvalue weighted by atomic mass is 16.6. The summed E-state index contributed by atoms with van der Waals surface area (Å²) in [5.41, 5.74) is 2.50. The molecule has 1 aromatic heterocycles. The zero-order chi connectivity index (χ0) is 18.7. The number of nitrogens with one attached hydrogen (secondary N) is 1. The van der Waals surface area contributed by atoms with Crippen molar-refractivity contribution in [3.63, 3.8) is 0 Å². The summed E-state index contributed by atoms with van der Waals surface area (Å²) in [5, 5.41) is 14.7. The van der Waals surface area contributed by atoms with Gasteiger partial charge in [0.2, 0.25) is 5.91 Å². The Morgan fingerprint density at radius 2 is 2.08 bits per heavy atom. The average Bonchev–Trinajstić information content (AvgIpc) is 3.03. The van der Waals surface area contributed by atoms with Crippen molar-refractivity contribution in [1.82, 2.24) is 0 Å².